The molecule has 154 valence electrons. The zero-order valence-corrected chi connectivity index (χ0v) is 17.4. The van der Waals surface area contributed by atoms with Gasteiger partial charge in [-0.3, -0.25) is 9.59 Å². The first-order valence-corrected chi connectivity index (χ1v) is 9.92. The lowest BCUT2D eigenvalue weighted by molar-refractivity contribution is -0.133. The smallest absolute Gasteiger partial charge is 0.254 e. The van der Waals surface area contributed by atoms with Gasteiger partial charge in [0.1, 0.15) is 12.4 Å². The monoisotopic (exact) mass is 395 g/mol. The minimum atomic E-state index is -0.0225. The Morgan fingerprint density at radius 2 is 1.66 bits per heavy atom. The molecule has 0 aliphatic carbocycles. The van der Waals surface area contributed by atoms with Gasteiger partial charge in [0.05, 0.1) is 6.54 Å². The summed E-state index contributed by atoms with van der Waals surface area (Å²) < 4.78 is 5.88. The standard InChI is InChI=1S/C23H29N3O3/c1-18-6-4-7-19(14-18)17-29-21-9-5-8-20(15-21)23(28)26-12-10-25(11-13-26)22(27)16-24(2)3/h4-9,14-15H,10-13,16-17H2,1-3H3. The molecule has 6 nitrogen and oxygen atoms in total. The summed E-state index contributed by atoms with van der Waals surface area (Å²) in [5.41, 5.74) is 2.90. The second-order valence-electron chi connectivity index (χ2n) is 7.72. The van der Waals surface area contributed by atoms with Crippen molar-refractivity contribution >= 4 is 11.8 Å². The third-order valence-corrected chi connectivity index (χ3v) is 4.94. The van der Waals surface area contributed by atoms with Crippen molar-refractivity contribution in [3.05, 3.63) is 65.2 Å². The first-order chi connectivity index (χ1) is 13.9. The fraction of sp³-hybridized carbons (Fsp3) is 0.391. The van der Waals surface area contributed by atoms with Crippen LogP contribution in [0, 0.1) is 6.92 Å². The van der Waals surface area contributed by atoms with E-state index in [1.165, 1.54) is 5.56 Å². The number of carbonyl (C=O) groups excluding carboxylic acids is 2. The van der Waals surface area contributed by atoms with Crippen molar-refractivity contribution in [2.75, 3.05) is 46.8 Å². The molecule has 3 rings (SSSR count). The van der Waals surface area contributed by atoms with Crippen molar-refractivity contribution in [3.63, 3.8) is 0 Å². The van der Waals surface area contributed by atoms with Crippen molar-refractivity contribution in [1.29, 1.82) is 0 Å². The van der Waals surface area contributed by atoms with Gasteiger partial charge in [0.2, 0.25) is 5.91 Å². The Morgan fingerprint density at radius 1 is 0.966 bits per heavy atom. The van der Waals surface area contributed by atoms with Crippen molar-refractivity contribution in [3.8, 4) is 5.75 Å². The number of aryl methyl sites for hydroxylation is 1. The quantitative estimate of drug-likeness (QED) is 0.754. The van der Waals surface area contributed by atoms with Crippen LogP contribution in [0.5, 0.6) is 5.75 Å². The molecular formula is C23H29N3O3. The molecule has 1 heterocycles. The Hall–Kier alpha value is -2.86. The minimum Gasteiger partial charge on any atom is -0.489 e. The molecule has 1 aliphatic heterocycles. The summed E-state index contributed by atoms with van der Waals surface area (Å²) in [6.07, 6.45) is 0. The number of likely N-dealkylation sites (N-methyl/N-ethyl adjacent to an activating group) is 1. The predicted octanol–water partition coefficient (Wildman–Crippen LogP) is 2.42. The number of rotatable bonds is 6. The summed E-state index contributed by atoms with van der Waals surface area (Å²) in [5, 5.41) is 0. The molecule has 0 spiro atoms. The summed E-state index contributed by atoms with van der Waals surface area (Å²) in [6, 6.07) is 15.5. The van der Waals surface area contributed by atoms with Crippen LogP contribution in [0.1, 0.15) is 21.5 Å². The van der Waals surface area contributed by atoms with E-state index < -0.39 is 0 Å². The maximum atomic E-state index is 12.9. The molecule has 0 aromatic heterocycles. The molecule has 1 saturated heterocycles. The Morgan fingerprint density at radius 3 is 2.34 bits per heavy atom. The van der Waals surface area contributed by atoms with Crippen LogP contribution >= 0.6 is 0 Å². The molecule has 0 unspecified atom stereocenters. The molecule has 1 fully saturated rings. The average Bonchev–Trinajstić information content (AvgIpc) is 2.71. The lowest BCUT2D eigenvalue weighted by atomic mass is 10.1. The highest BCUT2D eigenvalue weighted by atomic mass is 16.5. The Kier molecular flexibility index (Phi) is 6.88. The lowest BCUT2D eigenvalue weighted by Crippen LogP contribution is -2.52. The van der Waals surface area contributed by atoms with Gasteiger partial charge >= 0.3 is 0 Å². The van der Waals surface area contributed by atoms with Gasteiger partial charge in [0.25, 0.3) is 5.91 Å². The Bertz CT molecular complexity index is 858. The fourth-order valence-electron chi connectivity index (χ4n) is 3.40. The summed E-state index contributed by atoms with van der Waals surface area (Å²) >= 11 is 0. The second-order valence-corrected chi connectivity index (χ2v) is 7.72. The molecule has 2 amide bonds. The third kappa shape index (κ3) is 5.81. The molecule has 1 aliphatic rings. The van der Waals surface area contributed by atoms with E-state index in [4.69, 9.17) is 4.74 Å². The van der Waals surface area contributed by atoms with Crippen LogP contribution in [-0.4, -0.2) is 73.3 Å². The summed E-state index contributed by atoms with van der Waals surface area (Å²) in [4.78, 5) is 30.6. The van der Waals surface area contributed by atoms with Gasteiger partial charge in [0, 0.05) is 31.7 Å². The molecule has 2 aromatic carbocycles. The number of amides is 2. The molecule has 2 aromatic rings. The first-order valence-electron chi connectivity index (χ1n) is 9.92. The minimum absolute atomic E-state index is 0.0225. The number of piperazine rings is 1. The summed E-state index contributed by atoms with van der Waals surface area (Å²) in [6.45, 7) is 5.15. The summed E-state index contributed by atoms with van der Waals surface area (Å²) in [7, 11) is 3.76. The highest BCUT2D eigenvalue weighted by Gasteiger charge is 2.25. The number of ether oxygens (including phenoxy) is 1. The lowest BCUT2D eigenvalue weighted by Gasteiger charge is -2.35. The van der Waals surface area contributed by atoms with Gasteiger partial charge in [0.15, 0.2) is 0 Å². The van der Waals surface area contributed by atoms with Gasteiger partial charge in [-0.2, -0.15) is 0 Å². The third-order valence-electron chi connectivity index (χ3n) is 4.94. The first kappa shape index (κ1) is 20.9. The number of hydrogen-bond donors (Lipinski definition) is 0. The van der Waals surface area contributed by atoms with Gasteiger partial charge in [-0.25, -0.2) is 0 Å². The van der Waals surface area contributed by atoms with Gasteiger partial charge in [-0.1, -0.05) is 35.9 Å². The molecule has 0 radical (unpaired) electrons. The van der Waals surface area contributed by atoms with Crippen molar-refractivity contribution in [2.45, 2.75) is 13.5 Å². The van der Waals surface area contributed by atoms with E-state index >= 15 is 0 Å². The summed E-state index contributed by atoms with van der Waals surface area (Å²) in [5.74, 6) is 0.761. The van der Waals surface area contributed by atoms with E-state index in [9.17, 15) is 9.59 Å². The fourth-order valence-corrected chi connectivity index (χ4v) is 3.40. The average molecular weight is 396 g/mol. The van der Waals surface area contributed by atoms with Crippen LogP contribution in [0.25, 0.3) is 0 Å². The van der Waals surface area contributed by atoms with Gasteiger partial charge in [-0.15, -0.1) is 0 Å². The van der Waals surface area contributed by atoms with E-state index in [0.717, 1.165) is 5.56 Å². The zero-order valence-electron chi connectivity index (χ0n) is 17.4. The molecule has 0 N–H and O–H groups in total. The van der Waals surface area contributed by atoms with Crippen LogP contribution in [0.15, 0.2) is 48.5 Å². The van der Waals surface area contributed by atoms with Crippen molar-refractivity contribution in [1.82, 2.24) is 14.7 Å². The maximum Gasteiger partial charge on any atom is 0.254 e. The number of hydrogen-bond acceptors (Lipinski definition) is 4. The predicted molar refractivity (Wildman–Crippen MR) is 113 cm³/mol. The molecule has 6 heteroatoms. The molecule has 29 heavy (non-hydrogen) atoms. The van der Waals surface area contributed by atoms with Gasteiger partial charge < -0.3 is 19.4 Å². The topological polar surface area (TPSA) is 53.1 Å². The molecule has 0 bridgehead atoms. The molecule has 0 atom stereocenters. The van der Waals surface area contributed by atoms with Crippen molar-refractivity contribution < 1.29 is 14.3 Å². The van der Waals surface area contributed by atoms with Crippen LogP contribution in [0.4, 0.5) is 0 Å². The Labute approximate surface area is 172 Å². The molecule has 0 saturated carbocycles. The molecular weight excluding hydrogens is 366 g/mol. The van der Waals surface area contributed by atoms with Crippen LogP contribution in [-0.2, 0) is 11.4 Å². The van der Waals surface area contributed by atoms with E-state index in [0.29, 0.717) is 50.6 Å². The maximum absolute atomic E-state index is 12.9. The number of carbonyl (C=O) groups is 2. The van der Waals surface area contributed by atoms with Crippen LogP contribution < -0.4 is 4.74 Å². The van der Waals surface area contributed by atoms with Crippen LogP contribution in [0.2, 0.25) is 0 Å². The van der Waals surface area contributed by atoms with E-state index in [1.807, 2.05) is 54.2 Å². The Balaban J connectivity index is 1.56. The van der Waals surface area contributed by atoms with E-state index in [1.54, 1.807) is 11.0 Å². The number of benzene rings is 2. The largest absolute Gasteiger partial charge is 0.489 e. The normalized spacial score (nSPS) is 14.2. The second kappa shape index (κ2) is 9.56. The highest BCUT2D eigenvalue weighted by Crippen LogP contribution is 2.18. The number of nitrogens with zero attached hydrogens (tertiary/aromatic N) is 3. The van der Waals surface area contributed by atoms with Crippen LogP contribution in [0.3, 0.4) is 0 Å². The van der Waals surface area contributed by atoms with E-state index in [-0.39, 0.29) is 11.8 Å². The highest BCUT2D eigenvalue weighted by molar-refractivity contribution is 5.94. The van der Waals surface area contributed by atoms with Crippen molar-refractivity contribution in [2.24, 2.45) is 0 Å². The SMILES string of the molecule is Cc1cccc(COc2cccc(C(=O)N3CCN(C(=O)CN(C)C)CC3)c2)c1. The van der Waals surface area contributed by atoms with Gasteiger partial charge in [-0.05, 0) is 44.8 Å². The zero-order chi connectivity index (χ0) is 20.8. The van der Waals surface area contributed by atoms with E-state index in [2.05, 4.69) is 19.1 Å².